The van der Waals surface area contributed by atoms with E-state index in [4.69, 9.17) is 11.6 Å². The quantitative estimate of drug-likeness (QED) is 0.585. The summed E-state index contributed by atoms with van der Waals surface area (Å²) in [7, 11) is -2.17. The van der Waals surface area contributed by atoms with Gasteiger partial charge in [-0.05, 0) is 23.8 Å². The first-order chi connectivity index (χ1) is 11.6. The van der Waals surface area contributed by atoms with Crippen molar-refractivity contribution in [2.24, 2.45) is 0 Å². The van der Waals surface area contributed by atoms with E-state index in [9.17, 15) is 23.3 Å². The minimum atomic E-state index is -3.69. The number of sulfone groups is 1. The first kappa shape index (κ1) is 18.9. The molecule has 0 radical (unpaired) electrons. The third kappa shape index (κ3) is 4.77. The molecule has 0 aliphatic rings. The Labute approximate surface area is 149 Å². The predicted molar refractivity (Wildman–Crippen MR) is 93.5 cm³/mol. The molecular weight excluding hydrogens is 368 g/mol. The molecule has 2 aromatic rings. The average molecular weight is 383 g/mol. The Morgan fingerprint density at radius 3 is 2.32 bits per heavy atom. The van der Waals surface area contributed by atoms with Crippen molar-refractivity contribution in [2.75, 3.05) is 13.3 Å². The fraction of sp³-hybridized carbons (Fsp3) is 0.188. The van der Waals surface area contributed by atoms with E-state index >= 15 is 0 Å². The Morgan fingerprint density at radius 1 is 1.20 bits per heavy atom. The number of benzene rings is 2. The molecule has 0 aliphatic carbocycles. The third-order valence-corrected chi connectivity index (χ3v) is 4.80. The molecule has 0 saturated carbocycles. The molecule has 0 unspecified atom stereocenters. The normalized spacial score (nSPS) is 11.2. The van der Waals surface area contributed by atoms with Gasteiger partial charge in [0.2, 0.25) is 0 Å². The maximum atomic E-state index is 12.6. The van der Waals surface area contributed by atoms with Crippen LogP contribution in [0.3, 0.4) is 0 Å². The molecule has 7 nitrogen and oxygen atoms in total. The summed E-state index contributed by atoms with van der Waals surface area (Å²) in [5.74, 6) is -0.524. The molecule has 2 rings (SSSR count). The Balaban J connectivity index is 2.35. The van der Waals surface area contributed by atoms with Gasteiger partial charge >= 0.3 is 0 Å². The van der Waals surface area contributed by atoms with Crippen LogP contribution in [0.4, 0.5) is 5.69 Å². The molecule has 0 aliphatic heterocycles. The summed E-state index contributed by atoms with van der Waals surface area (Å²) < 4.78 is 23.4. The second-order valence-corrected chi connectivity index (χ2v) is 7.98. The minimum Gasteiger partial charge on any atom is -0.337 e. The standard InChI is InChI=1S/C16H15ClN2O5S/c1-18(10-11-3-5-13(17)6-4-11)16(20)12-7-14(19(21)22)9-15(8-12)25(2,23)24/h3-9H,10H2,1-2H3. The summed E-state index contributed by atoms with van der Waals surface area (Å²) in [4.78, 5) is 23.9. The largest absolute Gasteiger partial charge is 0.337 e. The lowest BCUT2D eigenvalue weighted by atomic mass is 10.1. The number of hydrogen-bond donors (Lipinski definition) is 0. The zero-order valence-corrected chi connectivity index (χ0v) is 15.0. The van der Waals surface area contributed by atoms with E-state index in [1.165, 1.54) is 11.9 Å². The van der Waals surface area contributed by atoms with Crippen molar-refractivity contribution >= 4 is 33.0 Å². The van der Waals surface area contributed by atoms with Crippen molar-refractivity contribution in [3.63, 3.8) is 0 Å². The Morgan fingerprint density at radius 2 is 1.80 bits per heavy atom. The number of carbonyl (C=O) groups is 1. The van der Waals surface area contributed by atoms with E-state index in [0.29, 0.717) is 5.02 Å². The van der Waals surface area contributed by atoms with Gasteiger partial charge in [-0.25, -0.2) is 8.42 Å². The SMILES string of the molecule is CN(Cc1ccc(Cl)cc1)C(=O)c1cc([N+](=O)[O-])cc(S(C)(=O)=O)c1. The minimum absolute atomic E-state index is 0.0638. The fourth-order valence-electron chi connectivity index (χ4n) is 2.18. The van der Waals surface area contributed by atoms with Crippen molar-refractivity contribution in [1.82, 2.24) is 4.90 Å². The van der Waals surface area contributed by atoms with Crippen LogP contribution in [0.1, 0.15) is 15.9 Å². The first-order valence-electron chi connectivity index (χ1n) is 7.07. The van der Waals surface area contributed by atoms with Crippen LogP contribution in [-0.2, 0) is 16.4 Å². The summed E-state index contributed by atoms with van der Waals surface area (Å²) in [6.07, 6.45) is 0.928. The number of hydrogen-bond acceptors (Lipinski definition) is 5. The van der Waals surface area contributed by atoms with Crippen LogP contribution in [0.15, 0.2) is 47.4 Å². The van der Waals surface area contributed by atoms with Gasteiger partial charge in [0.05, 0.1) is 9.82 Å². The zero-order chi connectivity index (χ0) is 18.8. The molecular formula is C16H15ClN2O5S. The number of non-ortho nitro benzene ring substituents is 1. The highest BCUT2D eigenvalue weighted by Gasteiger charge is 2.21. The Bertz CT molecular complexity index is 926. The smallest absolute Gasteiger partial charge is 0.271 e. The van der Waals surface area contributed by atoms with E-state index in [1.807, 2.05) is 0 Å². The number of nitro groups is 1. The molecule has 25 heavy (non-hydrogen) atoms. The van der Waals surface area contributed by atoms with Crippen LogP contribution in [0.5, 0.6) is 0 Å². The van der Waals surface area contributed by atoms with Crippen LogP contribution < -0.4 is 0 Å². The zero-order valence-electron chi connectivity index (χ0n) is 13.5. The van der Waals surface area contributed by atoms with Gasteiger partial charge in [-0.15, -0.1) is 0 Å². The van der Waals surface area contributed by atoms with E-state index < -0.39 is 26.4 Å². The molecule has 1 amide bonds. The average Bonchev–Trinajstić information content (AvgIpc) is 2.55. The van der Waals surface area contributed by atoms with Crippen LogP contribution in [0.25, 0.3) is 0 Å². The predicted octanol–water partition coefficient (Wildman–Crippen LogP) is 2.92. The number of amides is 1. The second kappa shape index (κ2) is 7.20. The lowest BCUT2D eigenvalue weighted by Crippen LogP contribution is -2.26. The van der Waals surface area contributed by atoms with Crippen molar-refractivity contribution in [3.8, 4) is 0 Å². The van der Waals surface area contributed by atoms with Gasteiger partial charge in [-0.2, -0.15) is 0 Å². The Kier molecular flexibility index (Phi) is 5.44. The summed E-state index contributed by atoms with van der Waals surface area (Å²) >= 11 is 5.81. The third-order valence-electron chi connectivity index (χ3n) is 3.46. The van der Waals surface area contributed by atoms with E-state index in [-0.39, 0.29) is 17.0 Å². The molecule has 0 fully saturated rings. The fourth-order valence-corrected chi connectivity index (χ4v) is 2.98. The summed E-state index contributed by atoms with van der Waals surface area (Å²) in [6, 6.07) is 10.0. The monoisotopic (exact) mass is 382 g/mol. The summed E-state index contributed by atoms with van der Waals surface area (Å²) in [6.45, 7) is 0.243. The van der Waals surface area contributed by atoms with Gasteiger partial charge in [-0.3, -0.25) is 14.9 Å². The topological polar surface area (TPSA) is 97.6 Å². The molecule has 0 N–H and O–H groups in total. The number of carbonyl (C=O) groups excluding carboxylic acids is 1. The maximum Gasteiger partial charge on any atom is 0.271 e. The van der Waals surface area contributed by atoms with Gasteiger partial charge in [0.1, 0.15) is 0 Å². The highest BCUT2D eigenvalue weighted by molar-refractivity contribution is 7.90. The van der Waals surface area contributed by atoms with E-state index in [1.54, 1.807) is 24.3 Å². The number of nitro benzene ring substituents is 1. The summed E-state index contributed by atoms with van der Waals surface area (Å²) in [5, 5.41) is 11.6. The highest BCUT2D eigenvalue weighted by atomic mass is 35.5. The molecule has 0 bridgehead atoms. The lowest BCUT2D eigenvalue weighted by Gasteiger charge is -2.17. The van der Waals surface area contributed by atoms with Crippen LogP contribution >= 0.6 is 11.6 Å². The molecule has 0 spiro atoms. The van der Waals surface area contributed by atoms with Gasteiger partial charge in [0, 0.05) is 42.6 Å². The molecule has 0 atom stereocenters. The van der Waals surface area contributed by atoms with E-state index in [0.717, 1.165) is 30.0 Å². The van der Waals surface area contributed by atoms with Gasteiger partial charge in [0.25, 0.3) is 11.6 Å². The molecule has 0 saturated heterocycles. The maximum absolute atomic E-state index is 12.6. The van der Waals surface area contributed by atoms with Crippen LogP contribution in [-0.4, -0.2) is 37.5 Å². The molecule has 2 aromatic carbocycles. The van der Waals surface area contributed by atoms with Crippen molar-refractivity contribution in [3.05, 3.63) is 68.7 Å². The van der Waals surface area contributed by atoms with Crippen LogP contribution in [0.2, 0.25) is 5.02 Å². The van der Waals surface area contributed by atoms with Gasteiger partial charge in [-0.1, -0.05) is 23.7 Å². The van der Waals surface area contributed by atoms with Gasteiger partial charge in [0.15, 0.2) is 9.84 Å². The molecule has 9 heteroatoms. The second-order valence-electron chi connectivity index (χ2n) is 5.53. The number of nitrogens with zero attached hydrogens (tertiary/aromatic N) is 2. The molecule has 132 valence electrons. The highest BCUT2D eigenvalue weighted by Crippen LogP contribution is 2.22. The lowest BCUT2D eigenvalue weighted by molar-refractivity contribution is -0.385. The van der Waals surface area contributed by atoms with Crippen molar-refractivity contribution in [2.45, 2.75) is 11.4 Å². The van der Waals surface area contributed by atoms with E-state index in [2.05, 4.69) is 0 Å². The Hall–Kier alpha value is -2.45. The summed E-state index contributed by atoms with van der Waals surface area (Å²) in [5.41, 5.74) is 0.297. The van der Waals surface area contributed by atoms with Crippen LogP contribution in [0, 0.1) is 10.1 Å². The molecule has 0 aromatic heterocycles. The van der Waals surface area contributed by atoms with Crippen molar-refractivity contribution < 1.29 is 18.1 Å². The number of rotatable bonds is 5. The van der Waals surface area contributed by atoms with Crippen molar-refractivity contribution in [1.29, 1.82) is 0 Å². The molecule has 0 heterocycles. The first-order valence-corrected chi connectivity index (χ1v) is 9.34. The number of halogens is 1. The van der Waals surface area contributed by atoms with Gasteiger partial charge < -0.3 is 4.90 Å².